The van der Waals surface area contributed by atoms with Crippen LogP contribution >= 0.6 is 11.3 Å². The Labute approximate surface area is 149 Å². The molecule has 1 atom stereocenters. The summed E-state index contributed by atoms with van der Waals surface area (Å²) in [4.78, 5) is 30.9. The van der Waals surface area contributed by atoms with Crippen molar-refractivity contribution < 1.29 is 4.79 Å². The lowest BCUT2D eigenvalue weighted by Crippen LogP contribution is -2.25. The van der Waals surface area contributed by atoms with Gasteiger partial charge in [-0.1, -0.05) is 6.07 Å². The van der Waals surface area contributed by atoms with Crippen LogP contribution in [0.5, 0.6) is 0 Å². The molecule has 8 heteroatoms. The predicted octanol–water partition coefficient (Wildman–Crippen LogP) is 2.85. The van der Waals surface area contributed by atoms with Gasteiger partial charge in [0.1, 0.15) is 11.5 Å². The quantitative estimate of drug-likeness (QED) is 0.736. The largest absolute Gasteiger partial charge is 0.348 e. The highest BCUT2D eigenvalue weighted by atomic mass is 32.1. The van der Waals surface area contributed by atoms with Crippen LogP contribution in [0.1, 0.15) is 40.9 Å². The summed E-state index contributed by atoms with van der Waals surface area (Å²) in [6.45, 7) is 1.76. The molecule has 7 nitrogen and oxygen atoms in total. The maximum absolute atomic E-state index is 12.4. The molecule has 3 aromatic rings. The number of aromatic nitrogens is 4. The molecule has 128 valence electrons. The first-order chi connectivity index (χ1) is 12.3. The van der Waals surface area contributed by atoms with Crippen molar-refractivity contribution in [2.45, 2.75) is 25.4 Å². The van der Waals surface area contributed by atoms with Gasteiger partial charge in [-0.25, -0.2) is 15.0 Å². The number of rotatable bonds is 5. The fourth-order valence-electron chi connectivity index (χ4n) is 3.14. The van der Waals surface area contributed by atoms with Gasteiger partial charge < -0.3 is 4.98 Å². The van der Waals surface area contributed by atoms with Crippen LogP contribution < -0.4 is 5.32 Å². The van der Waals surface area contributed by atoms with Gasteiger partial charge in [0.15, 0.2) is 5.13 Å². The zero-order chi connectivity index (χ0) is 17.1. The normalized spacial score (nSPS) is 17.7. The van der Waals surface area contributed by atoms with Crippen LogP contribution in [0.3, 0.4) is 0 Å². The first-order valence-electron chi connectivity index (χ1n) is 8.20. The Bertz CT molecular complexity index is 833. The molecule has 0 bridgehead atoms. The Kier molecular flexibility index (Phi) is 4.53. The number of anilines is 1. The smallest absolute Gasteiger partial charge is 0.276 e. The summed E-state index contributed by atoms with van der Waals surface area (Å²) in [6.07, 6.45) is 7.41. The minimum Gasteiger partial charge on any atom is -0.348 e. The second-order valence-corrected chi connectivity index (χ2v) is 6.80. The van der Waals surface area contributed by atoms with E-state index in [1.54, 1.807) is 18.5 Å². The number of thiazole rings is 1. The monoisotopic (exact) mass is 354 g/mol. The number of pyridine rings is 1. The summed E-state index contributed by atoms with van der Waals surface area (Å²) < 4.78 is 0. The molecule has 4 rings (SSSR count). The number of aromatic amines is 1. The molecule has 4 heterocycles. The predicted molar refractivity (Wildman–Crippen MR) is 95.3 cm³/mol. The molecule has 2 N–H and O–H groups in total. The van der Waals surface area contributed by atoms with E-state index in [1.165, 1.54) is 11.3 Å². The number of hydrogen-bond acceptors (Lipinski definition) is 6. The molecule has 1 unspecified atom stereocenters. The summed E-state index contributed by atoms with van der Waals surface area (Å²) in [5.74, 6) is 0.719. The van der Waals surface area contributed by atoms with Gasteiger partial charge in [0.2, 0.25) is 0 Å². The molecule has 1 aliphatic heterocycles. The van der Waals surface area contributed by atoms with E-state index >= 15 is 0 Å². The van der Waals surface area contributed by atoms with Crippen molar-refractivity contribution in [1.82, 2.24) is 24.8 Å². The fraction of sp³-hybridized carbons (Fsp3) is 0.294. The lowest BCUT2D eigenvalue weighted by Gasteiger charge is -2.23. The average Bonchev–Trinajstić information content (AvgIpc) is 3.38. The third kappa shape index (κ3) is 3.59. The number of likely N-dealkylation sites (tertiary alicyclic amines) is 1. The summed E-state index contributed by atoms with van der Waals surface area (Å²) in [6, 6.07) is 5.82. The minimum atomic E-state index is -0.229. The Morgan fingerprint density at radius 2 is 2.32 bits per heavy atom. The molecule has 0 aromatic carbocycles. The zero-order valence-corrected chi connectivity index (χ0v) is 14.4. The molecule has 0 radical (unpaired) electrons. The van der Waals surface area contributed by atoms with Crippen LogP contribution in [-0.2, 0) is 6.54 Å². The van der Waals surface area contributed by atoms with Crippen molar-refractivity contribution in [3.63, 3.8) is 0 Å². The number of nitrogens with zero attached hydrogens (tertiary/aromatic N) is 4. The molecular formula is C17H18N6OS. The third-order valence-electron chi connectivity index (χ3n) is 4.27. The molecule has 3 aromatic heterocycles. The second kappa shape index (κ2) is 7.12. The second-order valence-electron chi connectivity index (χ2n) is 5.90. The highest BCUT2D eigenvalue weighted by Gasteiger charge is 2.28. The van der Waals surface area contributed by atoms with Gasteiger partial charge in [0.25, 0.3) is 5.91 Å². The van der Waals surface area contributed by atoms with Gasteiger partial charge in [-0.2, -0.15) is 0 Å². The van der Waals surface area contributed by atoms with E-state index < -0.39 is 0 Å². The highest BCUT2D eigenvalue weighted by molar-refractivity contribution is 7.13. The topological polar surface area (TPSA) is 86.8 Å². The summed E-state index contributed by atoms with van der Waals surface area (Å²) >= 11 is 1.39. The lowest BCUT2D eigenvalue weighted by molar-refractivity contribution is 0.102. The number of carbonyl (C=O) groups is 1. The van der Waals surface area contributed by atoms with E-state index in [-0.39, 0.29) is 11.9 Å². The van der Waals surface area contributed by atoms with E-state index in [4.69, 9.17) is 0 Å². The number of hydrogen-bond donors (Lipinski definition) is 2. The number of H-pyrrole nitrogens is 1. The molecule has 1 aliphatic rings. The average molecular weight is 354 g/mol. The van der Waals surface area contributed by atoms with Crippen LogP contribution in [0.15, 0.2) is 42.2 Å². The number of imidazole rings is 1. The van der Waals surface area contributed by atoms with Gasteiger partial charge in [0, 0.05) is 24.0 Å². The molecule has 0 saturated carbocycles. The Morgan fingerprint density at radius 3 is 3.12 bits per heavy atom. The summed E-state index contributed by atoms with van der Waals surface area (Å²) in [5, 5.41) is 5.19. The van der Waals surface area contributed by atoms with Crippen molar-refractivity contribution in [3.8, 4) is 0 Å². The Morgan fingerprint density at radius 1 is 1.36 bits per heavy atom. The summed E-state index contributed by atoms with van der Waals surface area (Å²) in [7, 11) is 0. The van der Waals surface area contributed by atoms with E-state index in [9.17, 15) is 4.79 Å². The molecule has 1 amide bonds. The molecule has 0 spiro atoms. The molecule has 1 saturated heterocycles. The van der Waals surface area contributed by atoms with E-state index in [1.807, 2.05) is 23.7 Å². The van der Waals surface area contributed by atoms with Crippen LogP contribution in [0.2, 0.25) is 0 Å². The number of amides is 1. The molecule has 1 fully saturated rings. The minimum absolute atomic E-state index is 0.206. The zero-order valence-electron chi connectivity index (χ0n) is 13.6. The number of carbonyl (C=O) groups excluding carboxylic acids is 1. The van der Waals surface area contributed by atoms with Crippen molar-refractivity contribution in [3.05, 3.63) is 59.4 Å². The molecule has 25 heavy (non-hydrogen) atoms. The molecular weight excluding hydrogens is 336 g/mol. The van der Waals surface area contributed by atoms with Crippen LogP contribution in [0.25, 0.3) is 0 Å². The van der Waals surface area contributed by atoms with E-state index in [0.29, 0.717) is 10.8 Å². The molecule has 0 aliphatic carbocycles. The maximum Gasteiger partial charge on any atom is 0.276 e. The Hall–Kier alpha value is -2.58. The summed E-state index contributed by atoms with van der Waals surface area (Å²) in [5.41, 5.74) is 1.34. The van der Waals surface area contributed by atoms with Gasteiger partial charge in [-0.3, -0.25) is 15.0 Å². The van der Waals surface area contributed by atoms with E-state index in [0.717, 1.165) is 37.4 Å². The third-order valence-corrected chi connectivity index (χ3v) is 4.96. The van der Waals surface area contributed by atoms with Gasteiger partial charge in [0.05, 0.1) is 18.3 Å². The van der Waals surface area contributed by atoms with Crippen molar-refractivity contribution >= 4 is 22.4 Å². The van der Waals surface area contributed by atoms with Crippen molar-refractivity contribution in [2.75, 3.05) is 11.9 Å². The van der Waals surface area contributed by atoms with E-state index in [2.05, 4.69) is 30.2 Å². The highest BCUT2D eigenvalue weighted by Crippen LogP contribution is 2.31. The Balaban J connectivity index is 1.51. The van der Waals surface area contributed by atoms with Gasteiger partial charge in [-0.15, -0.1) is 11.3 Å². The van der Waals surface area contributed by atoms with Crippen LogP contribution in [0.4, 0.5) is 5.13 Å². The first kappa shape index (κ1) is 15.9. The lowest BCUT2D eigenvalue weighted by atomic mass is 10.1. The maximum atomic E-state index is 12.4. The fourth-order valence-corrected chi connectivity index (χ4v) is 3.66. The number of nitrogens with one attached hydrogen (secondary N) is 2. The van der Waals surface area contributed by atoms with Gasteiger partial charge in [-0.05, 0) is 31.5 Å². The van der Waals surface area contributed by atoms with Gasteiger partial charge >= 0.3 is 0 Å². The van der Waals surface area contributed by atoms with Crippen molar-refractivity contribution in [2.24, 2.45) is 0 Å². The van der Waals surface area contributed by atoms with Crippen LogP contribution in [0, 0.1) is 0 Å². The van der Waals surface area contributed by atoms with Crippen LogP contribution in [-0.4, -0.2) is 37.3 Å². The first-order valence-corrected chi connectivity index (χ1v) is 9.07. The standard InChI is InChI=1S/C17H18N6OS/c24-16(22-17-20-8-10-25-17)13-4-1-3-12(21-13)14-5-2-9-23(14)11-15-18-6-7-19-15/h1,3-4,6-8,10,14H,2,5,9,11H2,(H,18,19)(H,20,22,24). The SMILES string of the molecule is O=C(Nc1nccs1)c1cccc(C2CCCN2Cc2ncc[nH]2)n1. The van der Waals surface area contributed by atoms with Crippen molar-refractivity contribution in [1.29, 1.82) is 0 Å².